The number of benzene rings is 1. The smallest absolute Gasteiger partial charge is 0.150 e. The lowest BCUT2D eigenvalue weighted by Crippen LogP contribution is -2.19. The number of halogens is 1. The highest BCUT2D eigenvalue weighted by Crippen LogP contribution is 2.17. The highest BCUT2D eigenvalue weighted by molar-refractivity contribution is 5.82. The molecule has 2 N–H and O–H groups in total. The van der Waals surface area contributed by atoms with Crippen LogP contribution >= 0.6 is 0 Å². The molecule has 0 aromatic heterocycles. The molecule has 1 unspecified atom stereocenters. The summed E-state index contributed by atoms with van der Waals surface area (Å²) in [5.74, 6) is -0.424. The summed E-state index contributed by atoms with van der Waals surface area (Å²) in [6.45, 7) is 3.16. The Bertz CT molecular complexity index is 336. The van der Waals surface area contributed by atoms with Gasteiger partial charge in [-0.05, 0) is 37.1 Å². The minimum atomic E-state index is -0.638. The quantitative estimate of drug-likeness (QED) is 0.754. The number of Topliss-reactive ketones (excluding diaryl/α,β-unsaturated/α-hetero) is 1. The Morgan fingerprint density at radius 1 is 1.54 bits per heavy atom. The predicted molar refractivity (Wildman–Crippen MR) is 48.7 cm³/mol. The van der Waals surface area contributed by atoms with Gasteiger partial charge in [0.1, 0.15) is 5.82 Å². The number of carbonyl (C=O) groups is 1. The highest BCUT2D eigenvalue weighted by atomic mass is 19.1. The van der Waals surface area contributed by atoms with Gasteiger partial charge >= 0.3 is 0 Å². The van der Waals surface area contributed by atoms with E-state index in [4.69, 9.17) is 5.73 Å². The van der Waals surface area contributed by atoms with Crippen molar-refractivity contribution >= 4 is 5.78 Å². The van der Waals surface area contributed by atoms with E-state index >= 15 is 0 Å². The van der Waals surface area contributed by atoms with E-state index < -0.39 is 6.04 Å². The van der Waals surface area contributed by atoms with Gasteiger partial charge in [0.05, 0.1) is 6.04 Å². The fourth-order valence-corrected chi connectivity index (χ4v) is 1.21. The molecule has 13 heavy (non-hydrogen) atoms. The lowest BCUT2D eigenvalue weighted by Gasteiger charge is -2.10. The number of aryl methyl sites for hydroxylation is 1. The van der Waals surface area contributed by atoms with Crippen molar-refractivity contribution in [2.45, 2.75) is 19.9 Å². The van der Waals surface area contributed by atoms with E-state index in [1.54, 1.807) is 13.0 Å². The Morgan fingerprint density at radius 3 is 2.62 bits per heavy atom. The molecular weight excluding hydrogens is 169 g/mol. The molecule has 3 heteroatoms. The van der Waals surface area contributed by atoms with E-state index in [2.05, 4.69) is 0 Å². The summed E-state index contributed by atoms with van der Waals surface area (Å²) in [5, 5.41) is 0. The van der Waals surface area contributed by atoms with E-state index in [1.807, 2.05) is 0 Å². The topological polar surface area (TPSA) is 43.1 Å². The maximum atomic E-state index is 12.7. The molecule has 0 aliphatic carbocycles. The summed E-state index contributed by atoms with van der Waals surface area (Å²) in [7, 11) is 0. The first-order chi connectivity index (χ1) is 6.02. The molecule has 0 saturated heterocycles. The van der Waals surface area contributed by atoms with Crippen molar-refractivity contribution < 1.29 is 9.18 Å². The molecule has 0 spiro atoms. The van der Waals surface area contributed by atoms with E-state index in [-0.39, 0.29) is 11.6 Å². The summed E-state index contributed by atoms with van der Waals surface area (Å²) >= 11 is 0. The summed E-state index contributed by atoms with van der Waals surface area (Å²) in [5.41, 5.74) is 7.02. The molecule has 1 aromatic rings. The van der Waals surface area contributed by atoms with Crippen LogP contribution in [0.15, 0.2) is 18.2 Å². The van der Waals surface area contributed by atoms with E-state index in [0.29, 0.717) is 11.1 Å². The van der Waals surface area contributed by atoms with Crippen LogP contribution in [0.4, 0.5) is 4.39 Å². The largest absolute Gasteiger partial charge is 0.318 e. The maximum Gasteiger partial charge on any atom is 0.150 e. The van der Waals surface area contributed by atoms with Crippen LogP contribution < -0.4 is 5.73 Å². The SMILES string of the molecule is CC(=O)C(N)c1ccc(F)cc1C. The van der Waals surface area contributed by atoms with Crippen LogP contribution in [-0.2, 0) is 4.79 Å². The van der Waals surface area contributed by atoms with Gasteiger partial charge in [-0.15, -0.1) is 0 Å². The molecule has 0 amide bonds. The number of hydrogen-bond donors (Lipinski definition) is 1. The fourth-order valence-electron chi connectivity index (χ4n) is 1.21. The number of ketones is 1. The molecule has 0 aliphatic rings. The third-order valence-corrected chi connectivity index (χ3v) is 2.00. The van der Waals surface area contributed by atoms with Gasteiger partial charge in [0, 0.05) is 0 Å². The molecule has 0 saturated carbocycles. The number of rotatable bonds is 2. The first kappa shape index (κ1) is 9.86. The van der Waals surface area contributed by atoms with Crippen molar-refractivity contribution in [1.29, 1.82) is 0 Å². The molecular formula is C10H12FNO. The Hall–Kier alpha value is -1.22. The second-order valence-electron chi connectivity index (χ2n) is 3.09. The first-order valence-electron chi connectivity index (χ1n) is 4.04. The summed E-state index contributed by atoms with van der Waals surface area (Å²) < 4.78 is 12.7. The molecule has 1 rings (SSSR count). The molecule has 70 valence electrons. The van der Waals surface area contributed by atoms with Crippen molar-refractivity contribution in [2.24, 2.45) is 5.73 Å². The zero-order valence-corrected chi connectivity index (χ0v) is 7.67. The Balaban J connectivity index is 3.08. The second kappa shape index (κ2) is 3.66. The minimum absolute atomic E-state index is 0.116. The zero-order chi connectivity index (χ0) is 10.0. The Labute approximate surface area is 76.6 Å². The van der Waals surface area contributed by atoms with Crippen LogP contribution in [0.5, 0.6) is 0 Å². The summed E-state index contributed by atoms with van der Waals surface area (Å²) in [6, 6.07) is 3.60. The fraction of sp³-hybridized carbons (Fsp3) is 0.300. The molecule has 1 atom stereocenters. The van der Waals surface area contributed by atoms with E-state index in [9.17, 15) is 9.18 Å². The molecule has 0 aliphatic heterocycles. The number of carbonyl (C=O) groups excluding carboxylic acids is 1. The Kier molecular flexibility index (Phi) is 2.78. The Morgan fingerprint density at radius 2 is 2.15 bits per heavy atom. The number of hydrogen-bond acceptors (Lipinski definition) is 2. The average Bonchev–Trinajstić information content (AvgIpc) is 2.03. The van der Waals surface area contributed by atoms with Crippen molar-refractivity contribution in [3.05, 3.63) is 35.1 Å². The lowest BCUT2D eigenvalue weighted by atomic mass is 9.99. The van der Waals surface area contributed by atoms with E-state index in [1.165, 1.54) is 19.1 Å². The van der Waals surface area contributed by atoms with Crippen LogP contribution in [0.1, 0.15) is 24.1 Å². The van der Waals surface area contributed by atoms with Crippen LogP contribution in [0.2, 0.25) is 0 Å². The summed E-state index contributed by atoms with van der Waals surface area (Å²) in [4.78, 5) is 11.0. The highest BCUT2D eigenvalue weighted by Gasteiger charge is 2.13. The average molecular weight is 181 g/mol. The minimum Gasteiger partial charge on any atom is -0.318 e. The monoisotopic (exact) mass is 181 g/mol. The predicted octanol–water partition coefficient (Wildman–Crippen LogP) is 1.72. The molecule has 0 fully saturated rings. The molecule has 1 aromatic carbocycles. The molecule has 0 bridgehead atoms. The molecule has 0 radical (unpaired) electrons. The second-order valence-corrected chi connectivity index (χ2v) is 3.09. The first-order valence-corrected chi connectivity index (χ1v) is 4.04. The van der Waals surface area contributed by atoms with Crippen molar-refractivity contribution in [3.8, 4) is 0 Å². The van der Waals surface area contributed by atoms with Gasteiger partial charge in [-0.1, -0.05) is 6.07 Å². The van der Waals surface area contributed by atoms with E-state index in [0.717, 1.165) is 0 Å². The molecule has 2 nitrogen and oxygen atoms in total. The lowest BCUT2D eigenvalue weighted by molar-refractivity contribution is -0.118. The van der Waals surface area contributed by atoms with Gasteiger partial charge in [0.2, 0.25) is 0 Å². The maximum absolute atomic E-state index is 12.7. The third kappa shape index (κ3) is 2.12. The van der Waals surface area contributed by atoms with Gasteiger partial charge in [0.15, 0.2) is 5.78 Å². The zero-order valence-electron chi connectivity index (χ0n) is 7.67. The van der Waals surface area contributed by atoms with Gasteiger partial charge in [-0.25, -0.2) is 4.39 Å². The standard InChI is InChI=1S/C10H12FNO/c1-6-5-8(11)3-4-9(6)10(12)7(2)13/h3-5,10H,12H2,1-2H3. The van der Waals surface area contributed by atoms with Crippen molar-refractivity contribution in [2.75, 3.05) is 0 Å². The van der Waals surface area contributed by atoms with Crippen molar-refractivity contribution in [3.63, 3.8) is 0 Å². The van der Waals surface area contributed by atoms with Crippen LogP contribution in [0.25, 0.3) is 0 Å². The van der Waals surface area contributed by atoms with Gasteiger partial charge in [-0.2, -0.15) is 0 Å². The van der Waals surface area contributed by atoms with Gasteiger partial charge in [-0.3, -0.25) is 4.79 Å². The summed E-state index contributed by atoms with van der Waals surface area (Å²) in [6.07, 6.45) is 0. The molecule has 0 heterocycles. The number of nitrogens with two attached hydrogens (primary N) is 1. The van der Waals surface area contributed by atoms with Gasteiger partial charge < -0.3 is 5.73 Å². The van der Waals surface area contributed by atoms with Crippen molar-refractivity contribution in [1.82, 2.24) is 0 Å². The van der Waals surface area contributed by atoms with Crippen LogP contribution in [0, 0.1) is 12.7 Å². The third-order valence-electron chi connectivity index (χ3n) is 2.00. The van der Waals surface area contributed by atoms with Crippen LogP contribution in [0.3, 0.4) is 0 Å². The van der Waals surface area contributed by atoms with Crippen LogP contribution in [-0.4, -0.2) is 5.78 Å². The normalized spacial score (nSPS) is 12.6. The van der Waals surface area contributed by atoms with Gasteiger partial charge in [0.25, 0.3) is 0 Å².